The van der Waals surface area contributed by atoms with Crippen LogP contribution in [0.4, 0.5) is 5.69 Å². The second kappa shape index (κ2) is 9.12. The summed E-state index contributed by atoms with van der Waals surface area (Å²) in [5.74, 6) is 0.350. The van der Waals surface area contributed by atoms with Gasteiger partial charge in [-0.15, -0.1) is 0 Å². The number of carbonyl (C=O) groups is 2. The molecule has 168 valence electrons. The summed E-state index contributed by atoms with van der Waals surface area (Å²) in [5, 5.41) is 6.79. The minimum atomic E-state index is -0.266. The lowest BCUT2D eigenvalue weighted by Gasteiger charge is -2.35. The average Bonchev–Trinajstić information content (AvgIpc) is 2.78. The minimum absolute atomic E-state index is 0.128. The molecule has 1 amide bonds. The Hall–Kier alpha value is -3.57. The van der Waals surface area contributed by atoms with Gasteiger partial charge in [-0.1, -0.05) is 23.7 Å². The summed E-state index contributed by atoms with van der Waals surface area (Å²) < 4.78 is 5.37. The van der Waals surface area contributed by atoms with Gasteiger partial charge in [-0.2, -0.15) is 0 Å². The summed E-state index contributed by atoms with van der Waals surface area (Å²) in [7, 11) is 1.63. The molecular weight excluding hydrogens is 436 g/mol. The van der Waals surface area contributed by atoms with Crippen molar-refractivity contribution in [1.82, 2.24) is 5.32 Å². The smallest absolute Gasteiger partial charge is 0.255 e. The van der Waals surface area contributed by atoms with Crippen LogP contribution in [0.25, 0.3) is 5.70 Å². The fourth-order valence-corrected chi connectivity index (χ4v) is 4.11. The number of fused-ring (bicyclic) bond motifs is 1. The highest BCUT2D eigenvalue weighted by Crippen LogP contribution is 2.32. The first kappa shape index (κ1) is 22.6. The Morgan fingerprint density at radius 1 is 1.03 bits per heavy atom. The number of anilines is 1. The third-order valence-electron chi connectivity index (χ3n) is 5.50. The number of rotatable bonds is 5. The highest BCUT2D eigenvalue weighted by Gasteiger charge is 2.28. The van der Waals surface area contributed by atoms with E-state index in [0.29, 0.717) is 21.8 Å². The molecule has 6 heteroatoms. The molecule has 0 atom stereocenters. The number of allylic oxidation sites excluding steroid dienone is 1. The number of amides is 1. The predicted octanol–water partition coefficient (Wildman–Crippen LogP) is 5.75. The van der Waals surface area contributed by atoms with E-state index in [-0.39, 0.29) is 17.2 Å². The maximum absolute atomic E-state index is 13.0. The third kappa shape index (κ3) is 5.26. The molecule has 0 spiro atoms. The Morgan fingerprint density at radius 2 is 1.79 bits per heavy atom. The highest BCUT2D eigenvalue weighted by atomic mass is 35.5. The number of ether oxygens (including phenoxy) is 1. The molecule has 3 aromatic carbocycles. The van der Waals surface area contributed by atoms with Gasteiger partial charge in [0.05, 0.1) is 7.11 Å². The summed E-state index contributed by atoms with van der Waals surface area (Å²) in [6.45, 7) is 4.21. The van der Waals surface area contributed by atoms with Crippen LogP contribution in [0.5, 0.6) is 5.75 Å². The van der Waals surface area contributed by atoms with E-state index in [1.165, 1.54) is 0 Å². The van der Waals surface area contributed by atoms with E-state index in [4.69, 9.17) is 16.3 Å². The molecule has 1 aliphatic rings. The maximum atomic E-state index is 13.0. The molecule has 0 radical (unpaired) electrons. The monoisotopic (exact) mass is 460 g/mol. The van der Waals surface area contributed by atoms with Gasteiger partial charge in [-0.05, 0) is 80.4 Å². The summed E-state index contributed by atoms with van der Waals surface area (Å²) in [6, 6.07) is 19.5. The number of carbonyl (C=O) groups excluding carboxylic acids is 2. The fourth-order valence-electron chi connectivity index (χ4n) is 3.92. The largest absolute Gasteiger partial charge is 0.497 e. The van der Waals surface area contributed by atoms with E-state index < -0.39 is 0 Å². The average molecular weight is 461 g/mol. The molecule has 0 bridgehead atoms. The van der Waals surface area contributed by atoms with Gasteiger partial charge in [-0.3, -0.25) is 9.59 Å². The Bertz CT molecular complexity index is 1250. The molecule has 0 unspecified atom stereocenters. The van der Waals surface area contributed by atoms with Crippen molar-refractivity contribution >= 4 is 34.7 Å². The van der Waals surface area contributed by atoms with Gasteiger partial charge >= 0.3 is 0 Å². The van der Waals surface area contributed by atoms with Crippen LogP contribution in [0.2, 0.25) is 5.02 Å². The van der Waals surface area contributed by atoms with Gasteiger partial charge in [-0.25, -0.2) is 0 Å². The van der Waals surface area contributed by atoms with E-state index >= 15 is 0 Å². The zero-order valence-electron chi connectivity index (χ0n) is 18.7. The Balaban J connectivity index is 1.54. The van der Waals surface area contributed by atoms with E-state index in [9.17, 15) is 9.59 Å². The zero-order chi connectivity index (χ0) is 23.6. The number of nitrogens with one attached hydrogen (secondary N) is 2. The number of hydrogen-bond donors (Lipinski definition) is 2. The number of benzene rings is 3. The molecule has 0 saturated heterocycles. The molecule has 0 saturated carbocycles. The number of halogens is 1. The Labute approximate surface area is 198 Å². The standard InChI is InChI=1S/C27H25ClN2O3/c1-27(2)16-19-9-12-22(33-3)14-23(19)24(30-27)15-25(31)17-7-10-21(11-8-17)29-26(32)18-5-4-6-20(28)13-18/h4-15,30H,16H2,1-3H3,(H,29,32)/b24-15-. The maximum Gasteiger partial charge on any atom is 0.255 e. The van der Waals surface area contributed by atoms with Crippen LogP contribution in [-0.4, -0.2) is 24.3 Å². The van der Waals surface area contributed by atoms with E-state index in [1.807, 2.05) is 18.2 Å². The van der Waals surface area contributed by atoms with Crippen molar-refractivity contribution in [1.29, 1.82) is 0 Å². The molecule has 5 nitrogen and oxygen atoms in total. The lowest BCUT2D eigenvalue weighted by Crippen LogP contribution is -2.43. The lowest BCUT2D eigenvalue weighted by molar-refractivity contribution is 0.102. The molecule has 0 aliphatic carbocycles. The number of methoxy groups -OCH3 is 1. The first-order valence-electron chi connectivity index (χ1n) is 10.6. The van der Waals surface area contributed by atoms with Gasteiger partial charge in [0.15, 0.2) is 5.78 Å². The van der Waals surface area contributed by atoms with Crippen LogP contribution in [0.15, 0.2) is 72.8 Å². The van der Waals surface area contributed by atoms with Crippen LogP contribution < -0.4 is 15.4 Å². The van der Waals surface area contributed by atoms with Gasteiger partial charge in [0.2, 0.25) is 0 Å². The van der Waals surface area contributed by atoms with Crippen LogP contribution in [0.3, 0.4) is 0 Å². The summed E-state index contributed by atoms with van der Waals surface area (Å²) in [6.07, 6.45) is 2.47. The molecule has 4 rings (SSSR count). The molecule has 2 N–H and O–H groups in total. The van der Waals surface area contributed by atoms with Gasteiger partial charge in [0.25, 0.3) is 5.91 Å². The Kier molecular flexibility index (Phi) is 6.25. The molecular formula is C27H25ClN2O3. The quantitative estimate of drug-likeness (QED) is 0.376. The molecule has 33 heavy (non-hydrogen) atoms. The van der Waals surface area contributed by atoms with Crippen molar-refractivity contribution in [2.75, 3.05) is 12.4 Å². The molecule has 0 fully saturated rings. The minimum Gasteiger partial charge on any atom is -0.497 e. The first-order valence-corrected chi connectivity index (χ1v) is 11.0. The topological polar surface area (TPSA) is 67.4 Å². The highest BCUT2D eigenvalue weighted by molar-refractivity contribution is 6.31. The SMILES string of the molecule is COc1ccc2c(c1)/C(=C/C(=O)c1ccc(NC(=O)c3cccc(Cl)c3)cc1)NC(C)(C)C2. The molecule has 1 aliphatic heterocycles. The predicted molar refractivity (Wildman–Crippen MR) is 132 cm³/mol. The summed E-state index contributed by atoms with van der Waals surface area (Å²) in [4.78, 5) is 25.4. The van der Waals surface area contributed by atoms with Crippen LogP contribution in [0.1, 0.15) is 45.7 Å². The number of hydrogen-bond acceptors (Lipinski definition) is 4. The van der Waals surface area contributed by atoms with Crippen molar-refractivity contribution in [3.8, 4) is 5.75 Å². The molecule has 1 heterocycles. The van der Waals surface area contributed by atoms with E-state index in [2.05, 4.69) is 24.5 Å². The van der Waals surface area contributed by atoms with Gasteiger partial charge < -0.3 is 15.4 Å². The fraction of sp³-hybridized carbons (Fsp3) is 0.185. The molecule has 3 aromatic rings. The van der Waals surface area contributed by atoms with E-state index in [1.54, 1.807) is 61.7 Å². The lowest BCUT2D eigenvalue weighted by atomic mass is 9.85. The van der Waals surface area contributed by atoms with E-state index in [0.717, 1.165) is 29.0 Å². The third-order valence-corrected chi connectivity index (χ3v) is 5.74. The van der Waals surface area contributed by atoms with Crippen molar-refractivity contribution in [2.45, 2.75) is 25.8 Å². The summed E-state index contributed by atoms with van der Waals surface area (Å²) >= 11 is 5.96. The first-order chi connectivity index (χ1) is 15.7. The van der Waals surface area contributed by atoms with Crippen molar-refractivity contribution in [3.63, 3.8) is 0 Å². The van der Waals surface area contributed by atoms with Gasteiger partial charge in [0.1, 0.15) is 5.75 Å². The Morgan fingerprint density at radius 3 is 2.48 bits per heavy atom. The van der Waals surface area contributed by atoms with Crippen molar-refractivity contribution < 1.29 is 14.3 Å². The van der Waals surface area contributed by atoms with Crippen LogP contribution in [-0.2, 0) is 6.42 Å². The summed E-state index contributed by atoms with van der Waals surface area (Å²) in [5.41, 5.74) is 4.30. The van der Waals surface area contributed by atoms with Crippen LogP contribution >= 0.6 is 11.6 Å². The van der Waals surface area contributed by atoms with Crippen molar-refractivity contribution in [3.05, 3.63) is 100 Å². The zero-order valence-corrected chi connectivity index (χ0v) is 19.5. The van der Waals surface area contributed by atoms with Crippen LogP contribution in [0, 0.1) is 0 Å². The molecule has 0 aromatic heterocycles. The number of ketones is 1. The normalized spacial score (nSPS) is 15.3. The second-order valence-corrected chi connectivity index (χ2v) is 9.11. The van der Waals surface area contributed by atoms with Gasteiger partial charge in [0, 0.05) is 44.7 Å². The second-order valence-electron chi connectivity index (χ2n) is 8.67. The van der Waals surface area contributed by atoms with Crippen molar-refractivity contribution in [2.24, 2.45) is 0 Å².